The Hall–Kier alpha value is -2.39. The summed E-state index contributed by atoms with van der Waals surface area (Å²) in [5, 5.41) is 9.49. The number of benzene rings is 2. The van der Waals surface area contributed by atoms with Crippen LogP contribution in [0.5, 0.6) is 0 Å². The number of rotatable bonds is 6. The number of halogens is 3. The van der Waals surface area contributed by atoms with Crippen molar-refractivity contribution in [2.75, 3.05) is 22.7 Å². The Balaban J connectivity index is 1.99. The second kappa shape index (κ2) is 8.39. The average molecular weight is 459 g/mol. The van der Waals surface area contributed by atoms with Crippen LogP contribution in [-0.2, 0) is 16.4 Å². The number of aromatic carboxylic acids is 1. The van der Waals surface area contributed by atoms with Gasteiger partial charge in [0.25, 0.3) is 15.9 Å². The highest BCUT2D eigenvalue weighted by atomic mass is 35.5. The molecule has 1 saturated heterocycles. The predicted molar refractivity (Wildman–Crippen MR) is 111 cm³/mol. The lowest BCUT2D eigenvalue weighted by Gasteiger charge is -2.34. The summed E-state index contributed by atoms with van der Waals surface area (Å²) in [6, 6.07) is 8.47. The summed E-state index contributed by atoms with van der Waals surface area (Å²) in [5.74, 6) is -3.98. The molecule has 3 rings (SSSR count). The minimum atomic E-state index is -4.16. The van der Waals surface area contributed by atoms with E-state index in [1.807, 2.05) is 0 Å². The van der Waals surface area contributed by atoms with Crippen molar-refractivity contribution in [2.45, 2.75) is 37.0 Å². The average Bonchev–Trinajstić information content (AvgIpc) is 2.67. The first kappa shape index (κ1) is 22.3. The molecule has 0 unspecified atom stereocenters. The van der Waals surface area contributed by atoms with Crippen molar-refractivity contribution >= 4 is 39.0 Å². The van der Waals surface area contributed by atoms with Gasteiger partial charge in [0.05, 0.1) is 21.8 Å². The molecule has 0 saturated carbocycles. The second-order valence-corrected chi connectivity index (χ2v) is 9.18. The number of anilines is 2. The van der Waals surface area contributed by atoms with Crippen LogP contribution >= 0.6 is 11.6 Å². The zero-order valence-corrected chi connectivity index (χ0v) is 17.7. The van der Waals surface area contributed by atoms with Crippen molar-refractivity contribution in [3.63, 3.8) is 0 Å². The quantitative estimate of drug-likeness (QED) is 0.658. The Morgan fingerprint density at radius 1 is 1.20 bits per heavy atom. The minimum absolute atomic E-state index is 0.0675. The van der Waals surface area contributed by atoms with E-state index in [0.29, 0.717) is 17.7 Å². The van der Waals surface area contributed by atoms with Gasteiger partial charge < -0.3 is 10.0 Å². The Bertz CT molecular complexity index is 1070. The molecule has 0 spiro atoms. The number of nitrogens with zero attached hydrogens (tertiary/aromatic N) is 1. The van der Waals surface area contributed by atoms with Gasteiger partial charge in [-0.25, -0.2) is 22.0 Å². The van der Waals surface area contributed by atoms with E-state index in [9.17, 15) is 27.1 Å². The molecule has 2 N–H and O–H groups in total. The third-order valence-corrected chi connectivity index (χ3v) is 6.71. The number of carbonyl (C=O) groups is 1. The molecule has 0 bridgehead atoms. The van der Waals surface area contributed by atoms with Gasteiger partial charge >= 0.3 is 5.97 Å². The van der Waals surface area contributed by atoms with E-state index in [0.717, 1.165) is 6.07 Å². The SMILES string of the molecule is CCc1ccc(C(=O)O)cc1S(=O)(=O)Nc1cc(Cl)ccc1N1CCC(F)(F)CC1. The monoisotopic (exact) mass is 458 g/mol. The molecule has 1 aliphatic rings. The van der Waals surface area contributed by atoms with Gasteiger partial charge in [0.2, 0.25) is 0 Å². The molecule has 0 radical (unpaired) electrons. The number of carboxylic acids is 1. The maximum Gasteiger partial charge on any atom is 0.335 e. The standard InChI is InChI=1S/C20H21ClF2N2O4S/c1-2-13-3-4-14(19(26)27)11-18(13)30(28,29)24-16-12-15(21)5-6-17(16)25-9-7-20(22,23)8-10-25/h3-6,11-12,24H,2,7-10H2,1H3,(H,26,27). The maximum atomic E-state index is 13.5. The van der Waals surface area contributed by atoms with E-state index >= 15 is 0 Å². The van der Waals surface area contributed by atoms with Crippen LogP contribution in [0, 0.1) is 0 Å². The largest absolute Gasteiger partial charge is 0.478 e. The number of hydrogen-bond acceptors (Lipinski definition) is 4. The molecule has 0 aliphatic carbocycles. The van der Waals surface area contributed by atoms with E-state index in [-0.39, 0.29) is 47.1 Å². The normalized spacial score (nSPS) is 16.3. The lowest BCUT2D eigenvalue weighted by molar-refractivity contribution is -0.0220. The highest BCUT2D eigenvalue weighted by Crippen LogP contribution is 2.36. The third kappa shape index (κ3) is 4.84. The lowest BCUT2D eigenvalue weighted by atomic mass is 10.1. The van der Waals surface area contributed by atoms with Crippen LogP contribution < -0.4 is 9.62 Å². The predicted octanol–water partition coefficient (Wildman–Crippen LogP) is 4.64. The van der Waals surface area contributed by atoms with Crippen LogP contribution in [0.15, 0.2) is 41.3 Å². The Kier molecular flexibility index (Phi) is 6.24. The molecule has 162 valence electrons. The highest BCUT2D eigenvalue weighted by Gasteiger charge is 2.35. The molecule has 0 aromatic heterocycles. The zero-order chi connectivity index (χ0) is 22.1. The van der Waals surface area contributed by atoms with Crippen LogP contribution in [-0.4, -0.2) is 38.5 Å². The van der Waals surface area contributed by atoms with Crippen molar-refractivity contribution in [2.24, 2.45) is 0 Å². The second-order valence-electron chi connectivity index (χ2n) is 7.09. The molecule has 2 aromatic carbocycles. The summed E-state index contributed by atoms with van der Waals surface area (Å²) < 4.78 is 55.8. The molecule has 2 aromatic rings. The summed E-state index contributed by atoms with van der Waals surface area (Å²) in [5.41, 5.74) is 0.882. The van der Waals surface area contributed by atoms with Crippen molar-refractivity contribution < 1.29 is 27.1 Å². The van der Waals surface area contributed by atoms with Crippen molar-refractivity contribution in [1.29, 1.82) is 0 Å². The molecular formula is C20H21ClF2N2O4S. The number of hydrogen-bond donors (Lipinski definition) is 2. The number of aryl methyl sites for hydroxylation is 1. The molecule has 30 heavy (non-hydrogen) atoms. The van der Waals surface area contributed by atoms with Crippen LogP contribution in [0.3, 0.4) is 0 Å². The number of piperidine rings is 1. The fourth-order valence-electron chi connectivity index (χ4n) is 3.37. The highest BCUT2D eigenvalue weighted by molar-refractivity contribution is 7.92. The van der Waals surface area contributed by atoms with Crippen molar-refractivity contribution in [1.82, 2.24) is 0 Å². The van der Waals surface area contributed by atoms with Gasteiger partial charge in [-0.1, -0.05) is 24.6 Å². The summed E-state index contributed by atoms with van der Waals surface area (Å²) in [7, 11) is -4.16. The van der Waals surface area contributed by atoms with Gasteiger partial charge in [-0.2, -0.15) is 0 Å². The molecular weight excluding hydrogens is 438 g/mol. The van der Waals surface area contributed by atoms with Gasteiger partial charge in [0, 0.05) is 31.0 Å². The first-order chi connectivity index (χ1) is 14.0. The van der Waals surface area contributed by atoms with E-state index in [4.69, 9.17) is 11.6 Å². The van der Waals surface area contributed by atoms with Crippen LogP contribution in [0.25, 0.3) is 0 Å². The molecule has 0 atom stereocenters. The summed E-state index contributed by atoms with van der Waals surface area (Å²) in [4.78, 5) is 12.8. The fourth-order valence-corrected chi connectivity index (χ4v) is 4.94. The molecule has 6 nitrogen and oxygen atoms in total. The van der Waals surface area contributed by atoms with Gasteiger partial charge in [-0.3, -0.25) is 4.72 Å². The third-order valence-electron chi connectivity index (χ3n) is 5.02. The van der Waals surface area contributed by atoms with Crippen LogP contribution in [0.1, 0.15) is 35.7 Å². The van der Waals surface area contributed by atoms with E-state index in [2.05, 4.69) is 4.72 Å². The van der Waals surface area contributed by atoms with Crippen LogP contribution in [0.2, 0.25) is 5.02 Å². The number of alkyl halides is 2. The summed E-state index contributed by atoms with van der Waals surface area (Å²) >= 11 is 6.05. The van der Waals surface area contributed by atoms with E-state index < -0.39 is 21.9 Å². The molecule has 0 amide bonds. The van der Waals surface area contributed by atoms with Gasteiger partial charge in [0.1, 0.15) is 0 Å². The number of carboxylic acid groups (broad SMARTS) is 1. The Labute approximate surface area is 178 Å². The smallest absolute Gasteiger partial charge is 0.335 e. The summed E-state index contributed by atoms with van der Waals surface area (Å²) in [6.45, 7) is 1.89. The van der Waals surface area contributed by atoms with Gasteiger partial charge in [-0.05, 0) is 42.3 Å². The number of nitrogens with one attached hydrogen (secondary N) is 1. The zero-order valence-electron chi connectivity index (χ0n) is 16.2. The van der Waals surface area contributed by atoms with Crippen molar-refractivity contribution in [3.8, 4) is 0 Å². The van der Waals surface area contributed by atoms with Gasteiger partial charge in [0.15, 0.2) is 0 Å². The molecule has 1 fully saturated rings. The fraction of sp³-hybridized carbons (Fsp3) is 0.350. The van der Waals surface area contributed by atoms with Gasteiger partial charge in [-0.15, -0.1) is 0 Å². The van der Waals surface area contributed by atoms with E-state index in [1.54, 1.807) is 24.0 Å². The summed E-state index contributed by atoms with van der Waals surface area (Å²) in [6.07, 6.45) is -0.287. The van der Waals surface area contributed by atoms with Crippen LogP contribution in [0.4, 0.5) is 20.2 Å². The Morgan fingerprint density at radius 3 is 2.47 bits per heavy atom. The maximum absolute atomic E-state index is 13.5. The molecule has 1 heterocycles. The molecule has 1 aliphatic heterocycles. The Morgan fingerprint density at radius 2 is 1.87 bits per heavy atom. The van der Waals surface area contributed by atoms with Crippen molar-refractivity contribution in [3.05, 3.63) is 52.5 Å². The topological polar surface area (TPSA) is 86.7 Å². The first-order valence-corrected chi connectivity index (χ1v) is 11.2. The molecule has 10 heteroatoms. The lowest BCUT2D eigenvalue weighted by Crippen LogP contribution is -2.39. The minimum Gasteiger partial charge on any atom is -0.478 e. The first-order valence-electron chi connectivity index (χ1n) is 9.34. The van der Waals surface area contributed by atoms with E-state index in [1.165, 1.54) is 18.2 Å². The number of sulfonamides is 1.